The van der Waals surface area contributed by atoms with E-state index in [0.717, 1.165) is 36.5 Å². The third-order valence-electron chi connectivity index (χ3n) is 6.91. The van der Waals surface area contributed by atoms with Gasteiger partial charge in [0.1, 0.15) is 0 Å². The standard InChI is InChI=1S/C16H24O2/c17-15(18)16(8-11-2-4-14(16)7-11)9-13-6-10-1-3-12(13)5-10/h10-14H,1-9H2,(H,17,18). The Bertz CT molecular complexity index is 377. The second-order valence-corrected chi connectivity index (χ2v) is 7.68. The highest BCUT2D eigenvalue weighted by molar-refractivity contribution is 5.76. The van der Waals surface area contributed by atoms with Gasteiger partial charge in [-0.3, -0.25) is 4.79 Å². The van der Waals surface area contributed by atoms with Gasteiger partial charge in [-0.15, -0.1) is 0 Å². The van der Waals surface area contributed by atoms with Crippen LogP contribution in [0.4, 0.5) is 0 Å². The summed E-state index contributed by atoms with van der Waals surface area (Å²) < 4.78 is 0. The van der Waals surface area contributed by atoms with Crippen LogP contribution < -0.4 is 0 Å². The first-order chi connectivity index (χ1) is 8.67. The van der Waals surface area contributed by atoms with Gasteiger partial charge in [-0.2, -0.15) is 0 Å². The highest BCUT2D eigenvalue weighted by Gasteiger charge is 2.57. The molecule has 4 bridgehead atoms. The summed E-state index contributed by atoms with van der Waals surface area (Å²) in [5.74, 6) is 3.37. The van der Waals surface area contributed by atoms with Crippen molar-refractivity contribution in [2.45, 2.75) is 57.8 Å². The molecule has 0 spiro atoms. The molecule has 2 heteroatoms. The number of fused-ring (bicyclic) bond motifs is 4. The Balaban J connectivity index is 1.55. The summed E-state index contributed by atoms with van der Waals surface area (Å²) in [5, 5.41) is 9.82. The fourth-order valence-corrected chi connectivity index (χ4v) is 6.14. The molecular formula is C16H24O2. The third-order valence-corrected chi connectivity index (χ3v) is 6.91. The maximum atomic E-state index is 11.9. The zero-order valence-electron chi connectivity index (χ0n) is 11.1. The van der Waals surface area contributed by atoms with Gasteiger partial charge in [0.25, 0.3) is 0 Å². The van der Waals surface area contributed by atoms with Gasteiger partial charge < -0.3 is 5.11 Å². The third kappa shape index (κ3) is 1.44. The minimum atomic E-state index is -0.461. The molecule has 0 radical (unpaired) electrons. The molecule has 4 saturated carbocycles. The fourth-order valence-electron chi connectivity index (χ4n) is 6.14. The predicted octanol–water partition coefficient (Wildman–Crippen LogP) is 3.70. The first kappa shape index (κ1) is 11.3. The van der Waals surface area contributed by atoms with E-state index in [4.69, 9.17) is 0 Å². The van der Waals surface area contributed by atoms with Gasteiger partial charge in [-0.25, -0.2) is 0 Å². The van der Waals surface area contributed by atoms with Crippen LogP contribution in [0.5, 0.6) is 0 Å². The average Bonchev–Trinajstić information content (AvgIpc) is 3.08. The highest BCUT2D eigenvalue weighted by atomic mass is 16.4. The number of hydrogen-bond donors (Lipinski definition) is 1. The van der Waals surface area contributed by atoms with Gasteiger partial charge in [0.2, 0.25) is 0 Å². The number of rotatable bonds is 3. The molecule has 4 aliphatic rings. The van der Waals surface area contributed by atoms with E-state index in [0.29, 0.717) is 5.92 Å². The topological polar surface area (TPSA) is 37.3 Å². The van der Waals surface area contributed by atoms with Gasteiger partial charge in [0.15, 0.2) is 0 Å². The van der Waals surface area contributed by atoms with E-state index in [2.05, 4.69) is 0 Å². The lowest BCUT2D eigenvalue weighted by Gasteiger charge is -2.37. The zero-order valence-corrected chi connectivity index (χ0v) is 11.1. The van der Waals surface area contributed by atoms with Crippen molar-refractivity contribution in [3.8, 4) is 0 Å². The van der Waals surface area contributed by atoms with Crippen LogP contribution in [0, 0.1) is 35.0 Å². The molecule has 0 heterocycles. The van der Waals surface area contributed by atoms with Crippen LogP contribution in [0.2, 0.25) is 0 Å². The van der Waals surface area contributed by atoms with E-state index in [1.807, 2.05) is 0 Å². The summed E-state index contributed by atoms with van der Waals surface area (Å²) in [5.41, 5.74) is -0.307. The van der Waals surface area contributed by atoms with Crippen molar-refractivity contribution >= 4 is 5.97 Å². The lowest BCUT2D eigenvalue weighted by atomic mass is 9.66. The van der Waals surface area contributed by atoms with Crippen molar-refractivity contribution in [1.29, 1.82) is 0 Å². The molecule has 1 N–H and O–H groups in total. The van der Waals surface area contributed by atoms with Crippen molar-refractivity contribution in [3.05, 3.63) is 0 Å². The van der Waals surface area contributed by atoms with Crippen LogP contribution in [0.3, 0.4) is 0 Å². The second kappa shape index (κ2) is 3.74. The lowest BCUT2D eigenvalue weighted by molar-refractivity contribution is -0.154. The Morgan fingerprint density at radius 3 is 2.39 bits per heavy atom. The summed E-state index contributed by atoms with van der Waals surface area (Å²) in [4.78, 5) is 11.9. The molecule has 2 nitrogen and oxygen atoms in total. The summed E-state index contributed by atoms with van der Waals surface area (Å²) in [6.45, 7) is 0. The molecule has 4 rings (SSSR count). The molecule has 0 aromatic rings. The normalized spacial score (nSPS) is 53.2. The van der Waals surface area contributed by atoms with E-state index >= 15 is 0 Å². The molecule has 0 amide bonds. The van der Waals surface area contributed by atoms with Gasteiger partial charge in [-0.05, 0) is 74.5 Å². The molecule has 6 atom stereocenters. The van der Waals surface area contributed by atoms with Crippen LogP contribution in [0.1, 0.15) is 57.8 Å². The minimum absolute atomic E-state index is 0.307. The van der Waals surface area contributed by atoms with Crippen LogP contribution >= 0.6 is 0 Å². The van der Waals surface area contributed by atoms with E-state index < -0.39 is 5.97 Å². The molecular weight excluding hydrogens is 224 g/mol. The van der Waals surface area contributed by atoms with E-state index in [1.54, 1.807) is 0 Å². The molecule has 0 saturated heterocycles. The molecule has 4 fully saturated rings. The van der Waals surface area contributed by atoms with Crippen LogP contribution in [0.25, 0.3) is 0 Å². The van der Waals surface area contributed by atoms with Crippen LogP contribution in [-0.2, 0) is 4.79 Å². The maximum absolute atomic E-state index is 11.9. The van der Waals surface area contributed by atoms with Crippen molar-refractivity contribution < 1.29 is 9.90 Å². The SMILES string of the molecule is O=C(O)C1(CC2CC3CCC2C3)CC2CCC1C2. The van der Waals surface area contributed by atoms with Gasteiger partial charge >= 0.3 is 5.97 Å². The Labute approximate surface area is 109 Å². The number of carbonyl (C=O) groups is 1. The minimum Gasteiger partial charge on any atom is -0.481 e. The van der Waals surface area contributed by atoms with Crippen LogP contribution in [0.15, 0.2) is 0 Å². The lowest BCUT2D eigenvalue weighted by Crippen LogP contribution is -2.39. The van der Waals surface area contributed by atoms with E-state index in [1.165, 1.54) is 44.9 Å². The molecule has 18 heavy (non-hydrogen) atoms. The first-order valence-corrected chi connectivity index (χ1v) is 7.91. The highest BCUT2D eigenvalue weighted by Crippen LogP contribution is 2.61. The first-order valence-electron chi connectivity index (χ1n) is 7.91. The van der Waals surface area contributed by atoms with Crippen molar-refractivity contribution in [2.24, 2.45) is 35.0 Å². The number of hydrogen-bond acceptors (Lipinski definition) is 1. The Kier molecular flexibility index (Phi) is 2.35. The van der Waals surface area contributed by atoms with Crippen molar-refractivity contribution in [3.63, 3.8) is 0 Å². The smallest absolute Gasteiger partial charge is 0.309 e. The van der Waals surface area contributed by atoms with E-state index in [9.17, 15) is 9.90 Å². The van der Waals surface area contributed by atoms with E-state index in [-0.39, 0.29) is 5.41 Å². The molecule has 100 valence electrons. The van der Waals surface area contributed by atoms with Crippen LogP contribution in [-0.4, -0.2) is 11.1 Å². The Morgan fingerprint density at radius 1 is 1.06 bits per heavy atom. The molecule has 0 aromatic carbocycles. The van der Waals surface area contributed by atoms with Crippen molar-refractivity contribution in [1.82, 2.24) is 0 Å². The summed E-state index contributed by atoms with van der Waals surface area (Å²) in [6, 6.07) is 0. The van der Waals surface area contributed by atoms with Gasteiger partial charge in [0.05, 0.1) is 5.41 Å². The largest absolute Gasteiger partial charge is 0.481 e. The predicted molar refractivity (Wildman–Crippen MR) is 69.1 cm³/mol. The maximum Gasteiger partial charge on any atom is 0.309 e. The average molecular weight is 248 g/mol. The molecule has 6 unspecified atom stereocenters. The van der Waals surface area contributed by atoms with Crippen molar-refractivity contribution in [2.75, 3.05) is 0 Å². The quantitative estimate of drug-likeness (QED) is 0.826. The van der Waals surface area contributed by atoms with Gasteiger partial charge in [0, 0.05) is 0 Å². The number of aliphatic carboxylic acids is 1. The van der Waals surface area contributed by atoms with Gasteiger partial charge in [-0.1, -0.05) is 12.8 Å². The summed E-state index contributed by atoms with van der Waals surface area (Å²) in [7, 11) is 0. The summed E-state index contributed by atoms with van der Waals surface area (Å²) in [6.07, 6.45) is 11.3. The Hall–Kier alpha value is -0.530. The zero-order chi connectivity index (χ0) is 12.3. The molecule has 0 aromatic heterocycles. The monoisotopic (exact) mass is 248 g/mol. The second-order valence-electron chi connectivity index (χ2n) is 7.68. The molecule has 4 aliphatic carbocycles. The number of carboxylic acid groups (broad SMARTS) is 1. The summed E-state index contributed by atoms with van der Waals surface area (Å²) >= 11 is 0. The molecule has 0 aliphatic heterocycles. The number of carboxylic acids is 1. The fraction of sp³-hybridized carbons (Fsp3) is 0.938. The Morgan fingerprint density at radius 2 is 1.89 bits per heavy atom.